The second-order valence-electron chi connectivity index (χ2n) is 8.05. The van der Waals surface area contributed by atoms with Gasteiger partial charge in [0, 0.05) is 30.7 Å². The maximum absolute atomic E-state index is 12.7. The molecule has 0 aliphatic carbocycles. The number of benzene rings is 1. The average molecular weight is 430 g/mol. The number of amides is 3. The summed E-state index contributed by atoms with van der Waals surface area (Å²) in [5, 5.41) is -0.338. The van der Waals surface area contributed by atoms with Gasteiger partial charge < -0.3 is 9.64 Å². The highest BCUT2D eigenvalue weighted by molar-refractivity contribution is 8.00. The van der Waals surface area contributed by atoms with E-state index in [1.165, 1.54) is 16.7 Å². The van der Waals surface area contributed by atoms with Crippen LogP contribution in [0.2, 0.25) is 0 Å². The predicted molar refractivity (Wildman–Crippen MR) is 107 cm³/mol. The van der Waals surface area contributed by atoms with Gasteiger partial charge in [0.1, 0.15) is 11.4 Å². The van der Waals surface area contributed by atoms with E-state index in [0.29, 0.717) is 17.7 Å². The largest absolute Gasteiger partial charge is 0.457 e. The highest BCUT2D eigenvalue weighted by Gasteiger charge is 2.59. The Morgan fingerprint density at radius 3 is 2.47 bits per heavy atom. The number of ketones is 1. The summed E-state index contributed by atoms with van der Waals surface area (Å²) in [6.07, 6.45) is 1.06. The molecule has 0 spiro atoms. The molecule has 0 aromatic heterocycles. The highest BCUT2D eigenvalue weighted by Crippen LogP contribution is 2.44. The molecule has 8 nitrogen and oxygen atoms in total. The number of likely N-dealkylation sites (tertiary alicyclic amines) is 1. The molecule has 158 valence electrons. The van der Waals surface area contributed by atoms with Crippen molar-refractivity contribution in [2.45, 2.75) is 37.6 Å². The molecule has 3 aliphatic rings. The number of esters is 1. The topological polar surface area (TPSA) is 101 Å². The first-order valence-corrected chi connectivity index (χ1v) is 10.9. The van der Waals surface area contributed by atoms with Crippen molar-refractivity contribution in [2.24, 2.45) is 5.41 Å². The van der Waals surface area contributed by atoms with E-state index in [1.807, 2.05) is 0 Å². The molecule has 3 atom stereocenters. The minimum atomic E-state index is -0.964. The maximum Gasteiger partial charge on any atom is 0.314 e. The normalized spacial score (nSPS) is 28.6. The third-order valence-corrected chi connectivity index (χ3v) is 7.38. The van der Waals surface area contributed by atoms with Gasteiger partial charge in [-0.25, -0.2) is 0 Å². The molecule has 3 heterocycles. The van der Waals surface area contributed by atoms with Gasteiger partial charge in [0.15, 0.2) is 12.4 Å². The summed E-state index contributed by atoms with van der Waals surface area (Å²) in [5.41, 5.74) is -0.500. The van der Waals surface area contributed by atoms with Gasteiger partial charge in [-0.1, -0.05) is 30.3 Å². The number of fused-ring (bicyclic) bond motifs is 1. The number of thioether (sulfide) groups is 1. The number of β-lactam (4-membered cyclic amide) rings is 1. The van der Waals surface area contributed by atoms with Crippen molar-refractivity contribution < 1.29 is 28.7 Å². The number of carbonyl (C=O) groups excluding carboxylic acids is 5. The molecule has 30 heavy (non-hydrogen) atoms. The minimum Gasteiger partial charge on any atom is -0.457 e. The summed E-state index contributed by atoms with van der Waals surface area (Å²) in [6, 6.07) is 7.79. The monoisotopic (exact) mass is 430 g/mol. The van der Waals surface area contributed by atoms with Gasteiger partial charge in [-0.05, 0) is 13.3 Å². The predicted octanol–water partition coefficient (Wildman–Crippen LogP) is 1.24. The van der Waals surface area contributed by atoms with E-state index in [1.54, 1.807) is 37.3 Å². The first-order valence-electron chi connectivity index (χ1n) is 9.84. The molecule has 1 aromatic rings. The lowest BCUT2D eigenvalue weighted by Gasteiger charge is -2.55. The van der Waals surface area contributed by atoms with E-state index in [4.69, 9.17) is 4.74 Å². The summed E-state index contributed by atoms with van der Waals surface area (Å²) in [5.74, 6) is -1.41. The third kappa shape index (κ3) is 3.51. The van der Waals surface area contributed by atoms with E-state index in [0.717, 1.165) is 4.90 Å². The Kier molecular flexibility index (Phi) is 5.40. The molecule has 0 N–H and O–H groups in total. The summed E-state index contributed by atoms with van der Waals surface area (Å²) < 4.78 is 5.26. The Balaban J connectivity index is 1.37. The fourth-order valence-electron chi connectivity index (χ4n) is 4.00. The molecule has 3 saturated heterocycles. The van der Waals surface area contributed by atoms with Gasteiger partial charge >= 0.3 is 5.97 Å². The van der Waals surface area contributed by atoms with Crippen molar-refractivity contribution in [2.75, 3.05) is 18.9 Å². The van der Waals surface area contributed by atoms with Crippen LogP contribution in [0.1, 0.15) is 36.5 Å². The van der Waals surface area contributed by atoms with Gasteiger partial charge in [-0.3, -0.25) is 28.9 Å². The fraction of sp³-hybridized carbons (Fsp3) is 0.476. The lowest BCUT2D eigenvalue weighted by atomic mass is 9.88. The lowest BCUT2D eigenvalue weighted by molar-refractivity contribution is -0.173. The molecule has 0 saturated carbocycles. The minimum absolute atomic E-state index is 0.134. The van der Waals surface area contributed by atoms with Crippen molar-refractivity contribution in [1.29, 1.82) is 0 Å². The Bertz CT molecular complexity index is 903. The summed E-state index contributed by atoms with van der Waals surface area (Å²) >= 11 is 1.36. The van der Waals surface area contributed by atoms with E-state index in [2.05, 4.69) is 0 Å². The third-order valence-electron chi connectivity index (χ3n) is 5.73. The molecule has 0 radical (unpaired) electrons. The SMILES string of the molecule is CC1(C(=O)OCC(=O)c2ccccc2)CS[C@@H]2C(N3C(=O)CCCC3=O)C(=O)N2C1. The van der Waals surface area contributed by atoms with Crippen LogP contribution >= 0.6 is 11.8 Å². The Morgan fingerprint density at radius 1 is 1.13 bits per heavy atom. The van der Waals surface area contributed by atoms with Crippen molar-refractivity contribution in [1.82, 2.24) is 9.80 Å². The molecule has 2 unspecified atom stereocenters. The number of carbonyl (C=O) groups is 5. The van der Waals surface area contributed by atoms with Crippen LogP contribution in [0, 0.1) is 5.41 Å². The first-order chi connectivity index (χ1) is 14.3. The standard InChI is InChI=1S/C21H22N2O6S/c1-21(20(28)29-10-14(24)13-6-3-2-4-7-13)11-22-18(27)17(19(22)30-12-21)23-15(25)8-5-9-16(23)26/h2-4,6-7,17,19H,5,8-12H2,1H3/t17?,19-,21?/m1/s1. The molecular weight excluding hydrogens is 408 g/mol. The van der Waals surface area contributed by atoms with E-state index >= 15 is 0 Å². The summed E-state index contributed by atoms with van der Waals surface area (Å²) in [4.78, 5) is 64.6. The van der Waals surface area contributed by atoms with Crippen LogP contribution in [-0.4, -0.2) is 69.6 Å². The van der Waals surface area contributed by atoms with Crippen molar-refractivity contribution >= 4 is 41.2 Å². The Labute approximate surface area is 177 Å². The van der Waals surface area contributed by atoms with Crippen LogP contribution in [0.15, 0.2) is 30.3 Å². The number of ether oxygens (including phenoxy) is 1. The maximum atomic E-state index is 12.7. The van der Waals surface area contributed by atoms with Gasteiger partial charge in [0.2, 0.25) is 17.7 Å². The van der Waals surface area contributed by atoms with Crippen molar-refractivity contribution in [3.05, 3.63) is 35.9 Å². The van der Waals surface area contributed by atoms with Crippen molar-refractivity contribution in [3.63, 3.8) is 0 Å². The zero-order valence-corrected chi connectivity index (χ0v) is 17.4. The number of hydrogen-bond donors (Lipinski definition) is 0. The van der Waals surface area contributed by atoms with Crippen molar-refractivity contribution in [3.8, 4) is 0 Å². The number of Topliss-reactive ketones (excluding diaryl/α,β-unsaturated/α-hetero) is 1. The van der Waals surface area contributed by atoms with Crippen LogP contribution in [-0.2, 0) is 23.9 Å². The number of rotatable bonds is 5. The smallest absolute Gasteiger partial charge is 0.314 e. The molecule has 4 rings (SSSR count). The quantitative estimate of drug-likeness (QED) is 0.300. The fourth-order valence-corrected chi connectivity index (χ4v) is 5.53. The molecule has 3 aliphatic heterocycles. The molecule has 1 aromatic carbocycles. The van der Waals surface area contributed by atoms with Gasteiger partial charge in [0.05, 0.1) is 5.41 Å². The van der Waals surface area contributed by atoms with Crippen LogP contribution in [0.5, 0.6) is 0 Å². The van der Waals surface area contributed by atoms with Gasteiger partial charge in [-0.15, -0.1) is 11.8 Å². The Morgan fingerprint density at radius 2 is 1.80 bits per heavy atom. The van der Waals surface area contributed by atoms with Crippen LogP contribution in [0.3, 0.4) is 0 Å². The van der Waals surface area contributed by atoms with Gasteiger partial charge in [-0.2, -0.15) is 0 Å². The average Bonchev–Trinajstić information content (AvgIpc) is 2.75. The second kappa shape index (κ2) is 7.86. The van der Waals surface area contributed by atoms with E-state index in [-0.39, 0.29) is 54.9 Å². The van der Waals surface area contributed by atoms with Crippen LogP contribution < -0.4 is 0 Å². The zero-order chi connectivity index (χ0) is 21.5. The number of imide groups is 1. The van der Waals surface area contributed by atoms with E-state index < -0.39 is 17.4 Å². The molecular formula is C21H22N2O6S. The van der Waals surface area contributed by atoms with E-state index in [9.17, 15) is 24.0 Å². The number of piperidine rings is 1. The molecule has 3 amide bonds. The number of hydrogen-bond acceptors (Lipinski definition) is 7. The molecule has 0 bridgehead atoms. The second-order valence-corrected chi connectivity index (χ2v) is 9.15. The van der Waals surface area contributed by atoms with Crippen LogP contribution in [0.25, 0.3) is 0 Å². The van der Waals surface area contributed by atoms with Gasteiger partial charge in [0.25, 0.3) is 0 Å². The number of nitrogens with zero attached hydrogens (tertiary/aromatic N) is 2. The molecule has 3 fully saturated rings. The summed E-state index contributed by atoms with van der Waals surface area (Å²) in [6.45, 7) is 1.47. The summed E-state index contributed by atoms with van der Waals surface area (Å²) in [7, 11) is 0. The lowest BCUT2D eigenvalue weighted by Crippen LogP contribution is -2.75. The first kappa shape index (κ1) is 20.6. The molecule has 9 heteroatoms. The van der Waals surface area contributed by atoms with Crippen LogP contribution in [0.4, 0.5) is 0 Å². The Hall–Kier alpha value is -2.68. The highest BCUT2D eigenvalue weighted by atomic mass is 32.2. The zero-order valence-electron chi connectivity index (χ0n) is 16.5.